The molecule has 3 aromatic rings. The maximum atomic E-state index is 13.2. The van der Waals surface area contributed by atoms with Crippen molar-refractivity contribution >= 4 is 23.0 Å². The number of nitrogens with zero attached hydrogens (tertiary/aromatic N) is 3. The van der Waals surface area contributed by atoms with Gasteiger partial charge in [-0.3, -0.25) is 14.0 Å². The van der Waals surface area contributed by atoms with Crippen molar-refractivity contribution < 1.29 is 9.59 Å². The number of benzene rings is 1. The molecule has 2 aromatic heterocycles. The number of carbonyl (C=O) groups excluding carboxylic acids is 2. The highest BCUT2D eigenvalue weighted by molar-refractivity contribution is 6.08. The van der Waals surface area contributed by atoms with Crippen molar-refractivity contribution in [2.75, 3.05) is 18.0 Å². The zero-order valence-corrected chi connectivity index (χ0v) is 14.2. The Morgan fingerprint density at radius 3 is 2.85 bits per heavy atom. The summed E-state index contributed by atoms with van der Waals surface area (Å²) in [6.07, 6.45) is 4.17. The zero-order chi connectivity index (χ0) is 18.1. The summed E-state index contributed by atoms with van der Waals surface area (Å²) in [6, 6.07) is 13.3. The number of fused-ring (bicyclic) bond motifs is 2. The SMILES string of the molecule is C=CCNC(=O)c1nc(C(=O)N2CCc3ccccc32)n2ccccc12. The van der Waals surface area contributed by atoms with Crippen LogP contribution in [0.2, 0.25) is 0 Å². The van der Waals surface area contributed by atoms with Gasteiger partial charge >= 0.3 is 0 Å². The minimum absolute atomic E-state index is 0.209. The van der Waals surface area contributed by atoms with Gasteiger partial charge in [0.05, 0.1) is 5.52 Å². The average molecular weight is 346 g/mol. The van der Waals surface area contributed by atoms with E-state index in [-0.39, 0.29) is 23.3 Å². The lowest BCUT2D eigenvalue weighted by Gasteiger charge is -2.16. The second-order valence-electron chi connectivity index (χ2n) is 6.07. The first kappa shape index (κ1) is 16.1. The highest BCUT2D eigenvalue weighted by atomic mass is 16.2. The summed E-state index contributed by atoms with van der Waals surface area (Å²) in [5.74, 6) is -0.297. The molecule has 6 nitrogen and oxygen atoms in total. The predicted octanol–water partition coefficient (Wildman–Crippen LogP) is 2.45. The smallest absolute Gasteiger partial charge is 0.294 e. The lowest BCUT2D eigenvalue weighted by atomic mass is 10.2. The summed E-state index contributed by atoms with van der Waals surface area (Å²) in [5.41, 5.74) is 2.89. The van der Waals surface area contributed by atoms with Crippen molar-refractivity contribution in [2.45, 2.75) is 6.42 Å². The Labute approximate surface area is 150 Å². The molecule has 0 atom stereocenters. The van der Waals surface area contributed by atoms with Gasteiger partial charge < -0.3 is 10.2 Å². The van der Waals surface area contributed by atoms with E-state index in [4.69, 9.17) is 0 Å². The summed E-state index contributed by atoms with van der Waals surface area (Å²) in [6.45, 7) is 4.54. The highest BCUT2D eigenvalue weighted by Crippen LogP contribution is 2.29. The van der Waals surface area contributed by atoms with E-state index in [1.165, 1.54) is 0 Å². The molecule has 0 radical (unpaired) electrons. The van der Waals surface area contributed by atoms with E-state index in [0.29, 0.717) is 18.6 Å². The molecule has 3 heterocycles. The minimum atomic E-state index is -0.325. The molecule has 6 heteroatoms. The third-order valence-corrected chi connectivity index (χ3v) is 4.49. The van der Waals surface area contributed by atoms with Crippen LogP contribution in [0.1, 0.15) is 26.7 Å². The van der Waals surface area contributed by atoms with Crippen LogP contribution >= 0.6 is 0 Å². The molecule has 26 heavy (non-hydrogen) atoms. The van der Waals surface area contributed by atoms with E-state index in [2.05, 4.69) is 16.9 Å². The third kappa shape index (κ3) is 2.56. The first-order chi connectivity index (χ1) is 12.7. The van der Waals surface area contributed by atoms with Crippen LogP contribution in [0.15, 0.2) is 61.3 Å². The fourth-order valence-corrected chi connectivity index (χ4v) is 3.27. The van der Waals surface area contributed by atoms with Crippen LogP contribution in [0, 0.1) is 0 Å². The second kappa shape index (κ2) is 6.48. The van der Waals surface area contributed by atoms with Gasteiger partial charge in [0.15, 0.2) is 5.69 Å². The maximum Gasteiger partial charge on any atom is 0.294 e. The van der Waals surface area contributed by atoms with Gasteiger partial charge in [-0.25, -0.2) is 4.98 Å². The molecule has 4 rings (SSSR count). The van der Waals surface area contributed by atoms with Gasteiger partial charge in [-0.15, -0.1) is 6.58 Å². The van der Waals surface area contributed by atoms with Crippen molar-refractivity contribution in [3.63, 3.8) is 0 Å². The molecular formula is C20H18N4O2. The van der Waals surface area contributed by atoms with Crippen molar-refractivity contribution in [1.29, 1.82) is 0 Å². The molecule has 130 valence electrons. The first-order valence-electron chi connectivity index (χ1n) is 8.46. The zero-order valence-electron chi connectivity index (χ0n) is 14.2. The van der Waals surface area contributed by atoms with E-state index in [0.717, 1.165) is 17.7 Å². The minimum Gasteiger partial charge on any atom is -0.347 e. The van der Waals surface area contributed by atoms with Gasteiger partial charge in [0, 0.05) is 25.0 Å². The summed E-state index contributed by atoms with van der Waals surface area (Å²) in [4.78, 5) is 31.7. The van der Waals surface area contributed by atoms with Crippen molar-refractivity contribution in [3.05, 3.63) is 78.4 Å². The lowest BCUT2D eigenvalue weighted by Crippen LogP contribution is -2.30. The van der Waals surface area contributed by atoms with Crippen LogP contribution in [0.4, 0.5) is 5.69 Å². The Morgan fingerprint density at radius 2 is 2.00 bits per heavy atom. The molecule has 0 fully saturated rings. The van der Waals surface area contributed by atoms with Crippen LogP contribution in [-0.2, 0) is 6.42 Å². The second-order valence-corrected chi connectivity index (χ2v) is 6.07. The Kier molecular flexibility index (Phi) is 4.01. The number of pyridine rings is 1. The molecule has 1 aromatic carbocycles. The Balaban J connectivity index is 1.76. The van der Waals surface area contributed by atoms with Gasteiger partial charge in [0.2, 0.25) is 5.82 Å². The Morgan fingerprint density at radius 1 is 1.19 bits per heavy atom. The van der Waals surface area contributed by atoms with E-state index in [1.807, 2.05) is 36.4 Å². The van der Waals surface area contributed by atoms with E-state index >= 15 is 0 Å². The monoisotopic (exact) mass is 346 g/mol. The largest absolute Gasteiger partial charge is 0.347 e. The highest BCUT2D eigenvalue weighted by Gasteiger charge is 2.29. The molecule has 2 amide bonds. The summed E-state index contributed by atoms with van der Waals surface area (Å²) in [7, 11) is 0. The Bertz CT molecular complexity index is 1020. The molecule has 0 saturated carbocycles. The fourth-order valence-electron chi connectivity index (χ4n) is 3.27. The van der Waals surface area contributed by atoms with Crippen LogP contribution in [0.5, 0.6) is 0 Å². The number of anilines is 1. The van der Waals surface area contributed by atoms with Gasteiger partial charge in [-0.2, -0.15) is 0 Å². The molecule has 0 spiro atoms. The Hall–Kier alpha value is -3.41. The van der Waals surface area contributed by atoms with Crippen molar-refractivity contribution in [2.24, 2.45) is 0 Å². The number of nitrogens with one attached hydrogen (secondary N) is 1. The van der Waals surface area contributed by atoms with E-state index < -0.39 is 0 Å². The molecule has 1 aliphatic heterocycles. The molecule has 0 saturated heterocycles. The summed E-state index contributed by atoms with van der Waals surface area (Å²) < 4.78 is 1.67. The summed E-state index contributed by atoms with van der Waals surface area (Å²) in [5, 5.41) is 2.72. The van der Waals surface area contributed by atoms with Crippen LogP contribution in [0.3, 0.4) is 0 Å². The van der Waals surface area contributed by atoms with Crippen molar-refractivity contribution in [1.82, 2.24) is 14.7 Å². The molecule has 1 N–H and O–H groups in total. The first-order valence-corrected chi connectivity index (χ1v) is 8.46. The topological polar surface area (TPSA) is 66.7 Å². The van der Waals surface area contributed by atoms with Gasteiger partial charge in [0.1, 0.15) is 0 Å². The third-order valence-electron chi connectivity index (χ3n) is 4.49. The molecule has 0 aliphatic carbocycles. The standard InChI is InChI=1S/C20H18N4O2/c1-2-11-21-19(25)17-16-9-5-6-12-23(16)18(22-17)20(26)24-13-10-14-7-3-4-8-15(14)24/h2-9,12H,1,10-11,13H2,(H,21,25). The lowest BCUT2D eigenvalue weighted by molar-refractivity contribution is 0.0955. The fraction of sp³-hybridized carbons (Fsp3) is 0.150. The molecule has 1 aliphatic rings. The maximum absolute atomic E-state index is 13.2. The van der Waals surface area contributed by atoms with E-state index in [9.17, 15) is 9.59 Å². The number of carbonyl (C=O) groups is 2. The summed E-state index contributed by atoms with van der Waals surface area (Å²) >= 11 is 0. The molecule has 0 bridgehead atoms. The number of hydrogen-bond acceptors (Lipinski definition) is 3. The van der Waals surface area contributed by atoms with Crippen LogP contribution in [0.25, 0.3) is 5.52 Å². The van der Waals surface area contributed by atoms with Gasteiger partial charge in [0.25, 0.3) is 11.8 Å². The number of imidazole rings is 1. The molecular weight excluding hydrogens is 328 g/mol. The predicted molar refractivity (Wildman–Crippen MR) is 99.5 cm³/mol. The molecule has 0 unspecified atom stereocenters. The normalized spacial score (nSPS) is 12.8. The number of para-hydroxylation sites is 1. The number of hydrogen-bond donors (Lipinski definition) is 1. The van der Waals surface area contributed by atoms with E-state index in [1.54, 1.807) is 27.6 Å². The van der Waals surface area contributed by atoms with Crippen LogP contribution < -0.4 is 10.2 Å². The van der Waals surface area contributed by atoms with Gasteiger partial charge in [-0.1, -0.05) is 30.3 Å². The number of rotatable bonds is 4. The van der Waals surface area contributed by atoms with Crippen molar-refractivity contribution in [3.8, 4) is 0 Å². The quantitative estimate of drug-likeness (QED) is 0.738. The van der Waals surface area contributed by atoms with Crippen LogP contribution in [-0.4, -0.2) is 34.3 Å². The average Bonchev–Trinajstić information content (AvgIpc) is 3.27. The number of aromatic nitrogens is 2. The number of amides is 2. The van der Waals surface area contributed by atoms with Gasteiger partial charge in [-0.05, 0) is 30.2 Å².